The number of amides is 1. The lowest BCUT2D eigenvalue weighted by atomic mass is 10.1. The van der Waals surface area contributed by atoms with E-state index < -0.39 is 11.6 Å². The number of aryl methyl sites for hydroxylation is 1. The lowest BCUT2D eigenvalue weighted by Crippen LogP contribution is -3.11. The van der Waals surface area contributed by atoms with Crippen LogP contribution in [0.5, 0.6) is 0 Å². The van der Waals surface area contributed by atoms with E-state index in [0.29, 0.717) is 12.6 Å². The Kier molecular flexibility index (Phi) is 4.43. The first-order valence-corrected chi connectivity index (χ1v) is 7.75. The summed E-state index contributed by atoms with van der Waals surface area (Å²) in [5.41, 5.74) is 1.50. The second-order valence-corrected chi connectivity index (χ2v) is 6.00. The molecule has 1 amide bonds. The zero-order chi connectivity index (χ0) is 16.4. The Morgan fingerprint density at radius 2 is 2.17 bits per heavy atom. The molecule has 1 aromatic heterocycles. The highest BCUT2D eigenvalue weighted by Crippen LogP contribution is 2.19. The van der Waals surface area contributed by atoms with E-state index in [4.69, 9.17) is 0 Å². The molecule has 3 rings (SSSR count). The average Bonchev–Trinajstić information content (AvgIpc) is 3.11. The maximum atomic E-state index is 13.2. The first-order valence-electron chi connectivity index (χ1n) is 7.75. The van der Waals surface area contributed by atoms with Crippen molar-refractivity contribution in [3.05, 3.63) is 53.9 Å². The smallest absolute Gasteiger partial charge is 0.279 e. The third kappa shape index (κ3) is 3.42. The molecule has 1 fully saturated rings. The molecule has 2 N–H and O–H groups in total. The third-order valence-corrected chi connectivity index (χ3v) is 4.42. The van der Waals surface area contributed by atoms with Gasteiger partial charge in [-0.25, -0.2) is 8.78 Å². The molecule has 0 bridgehead atoms. The van der Waals surface area contributed by atoms with E-state index in [1.807, 2.05) is 19.3 Å². The Morgan fingerprint density at radius 3 is 2.87 bits per heavy atom. The van der Waals surface area contributed by atoms with E-state index in [1.165, 1.54) is 16.7 Å². The SMILES string of the molecule is Cn1cccc1[C@H]1CCC[NH+]1CC(=O)Nc1ccc(F)c(F)c1. The predicted octanol–water partition coefficient (Wildman–Crippen LogP) is 1.66. The van der Waals surface area contributed by atoms with Crippen molar-refractivity contribution in [1.82, 2.24) is 4.57 Å². The zero-order valence-electron chi connectivity index (χ0n) is 13.0. The number of aromatic nitrogens is 1. The quantitative estimate of drug-likeness (QED) is 0.883. The molecule has 23 heavy (non-hydrogen) atoms. The van der Waals surface area contributed by atoms with Crippen molar-refractivity contribution in [2.24, 2.45) is 7.05 Å². The standard InChI is InChI=1S/C17H19F2N3O/c1-21-8-2-4-15(21)16-5-3-9-22(16)11-17(23)20-12-6-7-13(18)14(19)10-12/h2,4,6-8,10,16H,3,5,9,11H2,1H3,(H,20,23)/p+1/t16-/m1/s1. The Labute approximate surface area is 133 Å². The lowest BCUT2D eigenvalue weighted by Gasteiger charge is -2.21. The van der Waals surface area contributed by atoms with Crippen LogP contribution in [0.15, 0.2) is 36.5 Å². The number of hydrogen-bond acceptors (Lipinski definition) is 1. The fraction of sp³-hybridized carbons (Fsp3) is 0.353. The molecule has 0 spiro atoms. The number of benzene rings is 1. The molecule has 0 saturated carbocycles. The van der Waals surface area contributed by atoms with E-state index in [9.17, 15) is 13.6 Å². The van der Waals surface area contributed by atoms with Gasteiger partial charge in [0.2, 0.25) is 0 Å². The van der Waals surface area contributed by atoms with Gasteiger partial charge in [0, 0.05) is 37.8 Å². The van der Waals surface area contributed by atoms with Crippen molar-refractivity contribution < 1.29 is 18.5 Å². The van der Waals surface area contributed by atoms with Gasteiger partial charge in [0.15, 0.2) is 18.2 Å². The van der Waals surface area contributed by atoms with Crippen LogP contribution >= 0.6 is 0 Å². The van der Waals surface area contributed by atoms with Gasteiger partial charge >= 0.3 is 0 Å². The van der Waals surface area contributed by atoms with Gasteiger partial charge < -0.3 is 14.8 Å². The van der Waals surface area contributed by atoms with E-state index in [1.54, 1.807) is 0 Å². The predicted molar refractivity (Wildman–Crippen MR) is 83.1 cm³/mol. The van der Waals surface area contributed by atoms with Crippen molar-refractivity contribution in [2.45, 2.75) is 18.9 Å². The molecule has 1 unspecified atom stereocenters. The Balaban J connectivity index is 1.65. The van der Waals surface area contributed by atoms with Gasteiger partial charge in [-0.3, -0.25) is 4.79 Å². The number of rotatable bonds is 4. The summed E-state index contributed by atoms with van der Waals surface area (Å²) in [6, 6.07) is 7.77. The van der Waals surface area contributed by atoms with Crippen LogP contribution in [0.25, 0.3) is 0 Å². The summed E-state index contributed by atoms with van der Waals surface area (Å²) in [5.74, 6) is -2.07. The van der Waals surface area contributed by atoms with Gasteiger partial charge in [0.25, 0.3) is 5.91 Å². The van der Waals surface area contributed by atoms with Crippen LogP contribution in [-0.4, -0.2) is 23.6 Å². The number of carbonyl (C=O) groups excluding carboxylic acids is 1. The molecule has 0 aliphatic carbocycles. The molecule has 1 saturated heterocycles. The number of halogens is 2. The van der Waals surface area contributed by atoms with Crippen LogP contribution in [0, 0.1) is 11.6 Å². The summed E-state index contributed by atoms with van der Waals surface area (Å²) in [6.45, 7) is 1.25. The Hall–Kier alpha value is -2.21. The topological polar surface area (TPSA) is 38.5 Å². The van der Waals surface area contributed by atoms with Gasteiger partial charge in [0.05, 0.1) is 12.2 Å². The van der Waals surface area contributed by atoms with E-state index >= 15 is 0 Å². The molecule has 2 heterocycles. The molecule has 4 nitrogen and oxygen atoms in total. The van der Waals surface area contributed by atoms with Crippen molar-refractivity contribution in [3.63, 3.8) is 0 Å². The molecule has 2 aromatic rings. The van der Waals surface area contributed by atoms with Crippen LogP contribution in [0.3, 0.4) is 0 Å². The molecule has 122 valence electrons. The summed E-state index contributed by atoms with van der Waals surface area (Å²) in [4.78, 5) is 13.4. The number of nitrogens with one attached hydrogen (secondary N) is 2. The van der Waals surface area contributed by atoms with Crippen LogP contribution in [0.4, 0.5) is 14.5 Å². The molecule has 1 aliphatic heterocycles. The maximum Gasteiger partial charge on any atom is 0.279 e. The minimum Gasteiger partial charge on any atom is -0.350 e. The molecule has 1 aromatic carbocycles. The van der Waals surface area contributed by atoms with Gasteiger partial charge in [-0.05, 0) is 24.3 Å². The largest absolute Gasteiger partial charge is 0.350 e. The zero-order valence-corrected chi connectivity index (χ0v) is 13.0. The highest BCUT2D eigenvalue weighted by Gasteiger charge is 2.32. The van der Waals surface area contributed by atoms with Crippen LogP contribution in [-0.2, 0) is 11.8 Å². The molecular weight excluding hydrogens is 300 g/mol. The minimum absolute atomic E-state index is 0.188. The van der Waals surface area contributed by atoms with E-state index in [-0.39, 0.29) is 11.6 Å². The summed E-state index contributed by atoms with van der Waals surface area (Å²) in [7, 11) is 2.01. The lowest BCUT2D eigenvalue weighted by molar-refractivity contribution is -0.910. The van der Waals surface area contributed by atoms with Gasteiger partial charge in [-0.2, -0.15) is 0 Å². The number of quaternary nitrogens is 1. The fourth-order valence-electron chi connectivity index (χ4n) is 3.30. The summed E-state index contributed by atoms with van der Waals surface area (Å²) < 4.78 is 28.2. The Morgan fingerprint density at radius 1 is 1.35 bits per heavy atom. The molecule has 2 atom stereocenters. The van der Waals surface area contributed by atoms with Gasteiger partial charge in [0.1, 0.15) is 6.04 Å². The van der Waals surface area contributed by atoms with Crippen molar-refractivity contribution in [1.29, 1.82) is 0 Å². The van der Waals surface area contributed by atoms with Gasteiger partial charge in [-0.15, -0.1) is 0 Å². The number of anilines is 1. The fourth-order valence-corrected chi connectivity index (χ4v) is 3.30. The minimum atomic E-state index is -0.960. The maximum absolute atomic E-state index is 13.2. The number of likely N-dealkylation sites (tertiary alicyclic amines) is 1. The van der Waals surface area contributed by atoms with Crippen LogP contribution < -0.4 is 10.2 Å². The van der Waals surface area contributed by atoms with E-state index in [0.717, 1.165) is 31.5 Å². The number of hydrogen-bond donors (Lipinski definition) is 2. The van der Waals surface area contributed by atoms with E-state index in [2.05, 4.69) is 16.0 Å². The first-order chi connectivity index (χ1) is 11.0. The molecule has 1 aliphatic rings. The van der Waals surface area contributed by atoms with Crippen molar-refractivity contribution in [2.75, 3.05) is 18.4 Å². The highest BCUT2D eigenvalue weighted by molar-refractivity contribution is 5.91. The molecule has 6 heteroatoms. The number of carbonyl (C=O) groups is 1. The van der Waals surface area contributed by atoms with Crippen LogP contribution in [0.1, 0.15) is 24.6 Å². The monoisotopic (exact) mass is 320 g/mol. The highest BCUT2D eigenvalue weighted by atomic mass is 19.2. The first kappa shape index (κ1) is 15.7. The third-order valence-electron chi connectivity index (χ3n) is 4.42. The number of nitrogens with zero attached hydrogens (tertiary/aromatic N) is 1. The van der Waals surface area contributed by atoms with Gasteiger partial charge in [-0.1, -0.05) is 0 Å². The summed E-state index contributed by atoms with van der Waals surface area (Å²) in [6.07, 6.45) is 4.13. The summed E-state index contributed by atoms with van der Waals surface area (Å²) >= 11 is 0. The Bertz CT molecular complexity index is 714. The summed E-state index contributed by atoms with van der Waals surface area (Å²) in [5, 5.41) is 2.64. The normalized spacial score (nSPS) is 20.7. The second-order valence-electron chi connectivity index (χ2n) is 6.00. The van der Waals surface area contributed by atoms with Crippen LogP contribution in [0.2, 0.25) is 0 Å². The average molecular weight is 320 g/mol. The second kappa shape index (κ2) is 6.50. The molecule has 0 radical (unpaired) electrons. The van der Waals surface area contributed by atoms with Crippen molar-refractivity contribution in [3.8, 4) is 0 Å². The molecular formula is C17H20F2N3O+. The van der Waals surface area contributed by atoms with Crippen molar-refractivity contribution >= 4 is 11.6 Å².